The van der Waals surface area contributed by atoms with Gasteiger partial charge in [-0.25, -0.2) is 8.42 Å². The standard InChI is InChI=1S/C15H16N2O4S/c1-21-14-10-6-3-7-11(14)15(18)16-12-8-4-5-9-13(12)17-22(2,19)20/h3-10,17H,1-2H3,(H,16,18). The highest BCUT2D eigenvalue weighted by Crippen LogP contribution is 2.24. The molecule has 0 heterocycles. The summed E-state index contributed by atoms with van der Waals surface area (Å²) >= 11 is 0. The van der Waals surface area contributed by atoms with Crippen molar-refractivity contribution in [2.45, 2.75) is 0 Å². The van der Waals surface area contributed by atoms with Crippen LogP contribution < -0.4 is 14.8 Å². The Balaban J connectivity index is 2.29. The zero-order chi connectivity index (χ0) is 16.2. The summed E-state index contributed by atoms with van der Waals surface area (Å²) in [6.07, 6.45) is 1.05. The van der Waals surface area contributed by atoms with Gasteiger partial charge in [0.05, 0.1) is 30.3 Å². The quantitative estimate of drug-likeness (QED) is 0.885. The molecule has 116 valence electrons. The summed E-state index contributed by atoms with van der Waals surface area (Å²) in [7, 11) is -1.96. The van der Waals surface area contributed by atoms with Gasteiger partial charge in [0.25, 0.3) is 5.91 Å². The van der Waals surface area contributed by atoms with Gasteiger partial charge in [-0.2, -0.15) is 0 Å². The number of anilines is 2. The summed E-state index contributed by atoms with van der Waals surface area (Å²) < 4.78 is 30.2. The third kappa shape index (κ3) is 3.98. The molecule has 0 saturated heterocycles. The zero-order valence-electron chi connectivity index (χ0n) is 12.2. The Hall–Kier alpha value is -2.54. The van der Waals surface area contributed by atoms with E-state index in [4.69, 9.17) is 4.74 Å². The van der Waals surface area contributed by atoms with Crippen molar-refractivity contribution < 1.29 is 17.9 Å². The number of para-hydroxylation sites is 3. The van der Waals surface area contributed by atoms with E-state index in [1.807, 2.05) is 0 Å². The molecule has 0 bridgehead atoms. The van der Waals surface area contributed by atoms with Crippen molar-refractivity contribution in [3.63, 3.8) is 0 Å². The Morgan fingerprint density at radius 3 is 2.23 bits per heavy atom. The van der Waals surface area contributed by atoms with Crippen LogP contribution in [-0.2, 0) is 10.0 Å². The normalized spacial score (nSPS) is 10.8. The van der Waals surface area contributed by atoms with Gasteiger partial charge in [-0.05, 0) is 24.3 Å². The van der Waals surface area contributed by atoms with Crippen LogP contribution >= 0.6 is 0 Å². The minimum atomic E-state index is -3.44. The lowest BCUT2D eigenvalue weighted by Crippen LogP contribution is -2.16. The molecule has 0 aliphatic carbocycles. The molecule has 7 heteroatoms. The largest absolute Gasteiger partial charge is 0.496 e. The Labute approximate surface area is 129 Å². The molecule has 2 rings (SSSR count). The Kier molecular flexibility index (Phi) is 4.67. The fourth-order valence-electron chi connectivity index (χ4n) is 1.90. The van der Waals surface area contributed by atoms with Crippen LogP contribution in [0.25, 0.3) is 0 Å². The number of methoxy groups -OCH3 is 1. The highest BCUT2D eigenvalue weighted by Gasteiger charge is 2.14. The van der Waals surface area contributed by atoms with Crippen molar-refractivity contribution in [3.05, 3.63) is 54.1 Å². The molecule has 6 nitrogen and oxygen atoms in total. The van der Waals surface area contributed by atoms with E-state index in [-0.39, 0.29) is 5.91 Å². The van der Waals surface area contributed by atoms with Crippen molar-refractivity contribution in [1.82, 2.24) is 0 Å². The van der Waals surface area contributed by atoms with Gasteiger partial charge in [-0.1, -0.05) is 24.3 Å². The lowest BCUT2D eigenvalue weighted by Gasteiger charge is -2.13. The Bertz CT molecular complexity index is 788. The first kappa shape index (κ1) is 15.8. The molecule has 0 aliphatic heterocycles. The molecule has 2 aromatic rings. The number of hydrogen-bond donors (Lipinski definition) is 2. The minimum Gasteiger partial charge on any atom is -0.496 e. The van der Waals surface area contributed by atoms with Gasteiger partial charge in [0, 0.05) is 0 Å². The molecule has 0 aliphatic rings. The maximum atomic E-state index is 12.3. The minimum absolute atomic E-state index is 0.299. The first-order chi connectivity index (χ1) is 10.4. The maximum Gasteiger partial charge on any atom is 0.259 e. The highest BCUT2D eigenvalue weighted by molar-refractivity contribution is 7.92. The first-order valence-corrected chi connectivity index (χ1v) is 8.31. The predicted molar refractivity (Wildman–Crippen MR) is 85.9 cm³/mol. The molecule has 2 aromatic carbocycles. The lowest BCUT2D eigenvalue weighted by molar-refractivity contribution is 0.102. The summed E-state index contributed by atoms with van der Waals surface area (Å²) in [5.41, 5.74) is 1.02. The van der Waals surface area contributed by atoms with Crippen LogP contribution in [0.5, 0.6) is 5.75 Å². The van der Waals surface area contributed by atoms with Gasteiger partial charge in [0.15, 0.2) is 0 Å². The summed E-state index contributed by atoms with van der Waals surface area (Å²) in [5.74, 6) is 0.0498. The molecule has 0 unspecified atom stereocenters. The SMILES string of the molecule is COc1ccccc1C(=O)Nc1ccccc1NS(C)(=O)=O. The number of carbonyl (C=O) groups excluding carboxylic acids is 1. The number of sulfonamides is 1. The third-order valence-electron chi connectivity index (χ3n) is 2.82. The lowest BCUT2D eigenvalue weighted by atomic mass is 10.1. The first-order valence-electron chi connectivity index (χ1n) is 6.42. The number of rotatable bonds is 5. The van der Waals surface area contributed by atoms with Crippen molar-refractivity contribution in [2.75, 3.05) is 23.4 Å². The molecule has 0 atom stereocenters. The number of benzene rings is 2. The molecule has 22 heavy (non-hydrogen) atoms. The van der Waals surface area contributed by atoms with Gasteiger partial charge in [0.1, 0.15) is 5.75 Å². The third-order valence-corrected chi connectivity index (χ3v) is 3.41. The van der Waals surface area contributed by atoms with Gasteiger partial charge < -0.3 is 10.1 Å². The summed E-state index contributed by atoms with van der Waals surface area (Å²) in [6, 6.07) is 13.3. The second-order valence-electron chi connectivity index (χ2n) is 4.57. The van der Waals surface area contributed by atoms with Gasteiger partial charge >= 0.3 is 0 Å². The summed E-state index contributed by atoms with van der Waals surface area (Å²) in [6.45, 7) is 0. The van der Waals surface area contributed by atoms with E-state index in [9.17, 15) is 13.2 Å². The van der Waals surface area contributed by atoms with Gasteiger partial charge in [0.2, 0.25) is 10.0 Å². The average Bonchev–Trinajstić information content (AvgIpc) is 2.47. The predicted octanol–water partition coefficient (Wildman–Crippen LogP) is 2.32. The molecule has 0 spiro atoms. The van der Waals surface area contributed by atoms with E-state index in [0.29, 0.717) is 22.7 Å². The maximum absolute atomic E-state index is 12.3. The van der Waals surface area contributed by atoms with Crippen LogP contribution in [0.3, 0.4) is 0 Å². The fourth-order valence-corrected chi connectivity index (χ4v) is 2.48. The Morgan fingerprint density at radius 2 is 1.59 bits per heavy atom. The molecule has 0 radical (unpaired) electrons. The molecule has 1 amide bonds. The average molecular weight is 320 g/mol. The van der Waals surface area contributed by atoms with Crippen LogP contribution in [-0.4, -0.2) is 27.7 Å². The number of amides is 1. The smallest absolute Gasteiger partial charge is 0.259 e. The fraction of sp³-hybridized carbons (Fsp3) is 0.133. The van der Waals surface area contributed by atoms with E-state index >= 15 is 0 Å². The summed E-state index contributed by atoms with van der Waals surface area (Å²) in [5, 5.41) is 2.68. The zero-order valence-corrected chi connectivity index (χ0v) is 13.0. The van der Waals surface area contributed by atoms with E-state index in [0.717, 1.165) is 6.26 Å². The molecule has 0 aromatic heterocycles. The van der Waals surface area contributed by atoms with Crippen LogP contribution in [0, 0.1) is 0 Å². The second kappa shape index (κ2) is 6.48. The van der Waals surface area contributed by atoms with E-state index in [1.165, 1.54) is 7.11 Å². The van der Waals surface area contributed by atoms with Crippen molar-refractivity contribution in [3.8, 4) is 5.75 Å². The van der Waals surface area contributed by atoms with Crippen molar-refractivity contribution in [1.29, 1.82) is 0 Å². The molecular weight excluding hydrogens is 304 g/mol. The highest BCUT2D eigenvalue weighted by atomic mass is 32.2. The monoisotopic (exact) mass is 320 g/mol. The number of carbonyl (C=O) groups is 1. The summed E-state index contributed by atoms with van der Waals surface area (Å²) in [4.78, 5) is 12.3. The van der Waals surface area contributed by atoms with Crippen LogP contribution in [0.1, 0.15) is 10.4 Å². The van der Waals surface area contributed by atoms with Crippen molar-refractivity contribution >= 4 is 27.3 Å². The van der Waals surface area contributed by atoms with Crippen molar-refractivity contribution in [2.24, 2.45) is 0 Å². The topological polar surface area (TPSA) is 84.5 Å². The number of hydrogen-bond acceptors (Lipinski definition) is 4. The van der Waals surface area contributed by atoms with Crippen LogP contribution in [0.15, 0.2) is 48.5 Å². The molecule has 0 fully saturated rings. The van der Waals surface area contributed by atoms with Gasteiger partial charge in [-0.3, -0.25) is 9.52 Å². The molecule has 0 saturated carbocycles. The van der Waals surface area contributed by atoms with E-state index < -0.39 is 10.0 Å². The second-order valence-corrected chi connectivity index (χ2v) is 6.32. The van der Waals surface area contributed by atoms with Crippen LogP contribution in [0.2, 0.25) is 0 Å². The number of nitrogens with one attached hydrogen (secondary N) is 2. The molecular formula is C15H16N2O4S. The van der Waals surface area contributed by atoms with E-state index in [1.54, 1.807) is 48.5 Å². The molecule has 2 N–H and O–H groups in total. The van der Waals surface area contributed by atoms with Crippen LogP contribution in [0.4, 0.5) is 11.4 Å². The Morgan fingerprint density at radius 1 is 1.00 bits per heavy atom. The van der Waals surface area contributed by atoms with E-state index in [2.05, 4.69) is 10.0 Å². The van der Waals surface area contributed by atoms with Gasteiger partial charge in [-0.15, -0.1) is 0 Å². The number of ether oxygens (including phenoxy) is 1.